The second-order valence-electron chi connectivity index (χ2n) is 11.3. The van der Waals surface area contributed by atoms with Crippen LogP contribution < -0.4 is 0 Å². The number of alkyl halides is 2. The van der Waals surface area contributed by atoms with Gasteiger partial charge in [0.2, 0.25) is 0 Å². The van der Waals surface area contributed by atoms with E-state index in [0.717, 1.165) is 70.2 Å². The van der Waals surface area contributed by atoms with Gasteiger partial charge < -0.3 is 5.11 Å². The summed E-state index contributed by atoms with van der Waals surface area (Å²) in [7, 11) is 1.08. The first-order chi connectivity index (χ1) is 17.4. The predicted molar refractivity (Wildman–Crippen MR) is 178 cm³/mol. The van der Waals surface area contributed by atoms with Gasteiger partial charge in [0.1, 0.15) is 0 Å². The molecule has 2 fully saturated rings. The zero-order chi connectivity index (χ0) is 28.6. The minimum absolute atomic E-state index is 0. The van der Waals surface area contributed by atoms with Crippen LogP contribution in [0.1, 0.15) is 86.5 Å². The molecular weight excluding hydrogens is 570 g/mol. The molecule has 7 heteroatoms. The Hall–Kier alpha value is 0.0400. The van der Waals surface area contributed by atoms with Crippen molar-refractivity contribution in [1.82, 2.24) is 0 Å². The third-order valence-corrected chi connectivity index (χ3v) is 9.94. The van der Waals surface area contributed by atoms with Crippen LogP contribution in [0, 0.1) is 22.7 Å². The first kappa shape index (κ1) is 38.0. The largest absolute Gasteiger partial charge is 0.385 e. The first-order valence-corrected chi connectivity index (χ1v) is 17.7. The highest BCUT2D eigenvalue weighted by atomic mass is 35.5. The third-order valence-electron chi connectivity index (χ3n) is 9.29. The van der Waals surface area contributed by atoms with E-state index in [4.69, 9.17) is 23.2 Å². The summed E-state index contributed by atoms with van der Waals surface area (Å²) in [5, 5.41) is 10.7. The van der Waals surface area contributed by atoms with Crippen LogP contribution in [0.3, 0.4) is 0 Å². The lowest BCUT2D eigenvalue weighted by molar-refractivity contribution is -0.114. The van der Waals surface area contributed by atoms with E-state index in [0.29, 0.717) is 35.8 Å². The van der Waals surface area contributed by atoms with Crippen molar-refractivity contribution in [2.24, 2.45) is 22.7 Å². The van der Waals surface area contributed by atoms with Crippen molar-refractivity contribution in [3.8, 4) is 0 Å². The topological polar surface area (TPSA) is 37.3 Å². The molecule has 0 bridgehead atoms. The van der Waals surface area contributed by atoms with Gasteiger partial charge in [-0.2, -0.15) is 0 Å². The lowest BCUT2D eigenvalue weighted by atomic mass is 9.59. The van der Waals surface area contributed by atoms with Gasteiger partial charge in [0.05, 0.1) is 5.60 Å². The number of ketones is 1. The van der Waals surface area contributed by atoms with Crippen LogP contribution >= 0.6 is 31.8 Å². The van der Waals surface area contributed by atoms with Gasteiger partial charge in [-0.25, -0.2) is 0 Å². The lowest BCUT2D eigenvalue weighted by Gasteiger charge is -2.48. The van der Waals surface area contributed by atoms with Crippen molar-refractivity contribution in [2.75, 3.05) is 25.1 Å². The zero-order valence-corrected chi connectivity index (χ0v) is 27.8. The van der Waals surface area contributed by atoms with Gasteiger partial charge in [-0.1, -0.05) is 57.2 Å². The van der Waals surface area contributed by atoms with Crippen LogP contribution in [0.4, 0.5) is 0 Å². The predicted octanol–water partition coefficient (Wildman–Crippen LogP) is 9.10. The van der Waals surface area contributed by atoms with E-state index in [1.807, 2.05) is 6.92 Å². The second-order valence-corrected chi connectivity index (χ2v) is 12.8. The summed E-state index contributed by atoms with van der Waals surface area (Å²) in [6.07, 6.45) is 10.3. The van der Waals surface area contributed by atoms with Crippen molar-refractivity contribution in [3.05, 3.63) is 47.1 Å². The molecule has 0 aromatic carbocycles. The van der Waals surface area contributed by atoms with Crippen LogP contribution in [0.25, 0.3) is 0 Å². The van der Waals surface area contributed by atoms with Crippen molar-refractivity contribution in [2.45, 2.75) is 92.1 Å². The number of fused-ring (bicyclic) bond motifs is 2. The molecule has 2 nitrogen and oxygen atoms in total. The molecule has 0 radical (unpaired) electrons. The standard InChI is InChI=1S/C14H19ClO.C14H21ClO.C2H7P.CH4.S2/c1-9-4-6-14(10(2)8-15)7-5-12(16)13(14)11(9)3;1-10-6-8-14(11(2)9-15)7-4-5-12(14)13(10,3)16;1-3-2;;1-2/h9H,2,4-8H2,1,3H3;5,10,16H,2,4,6-9H2,1,3H3;3H,1-2H3;1H4;/t9-,14+;10-,13?,14-;;;/m11.../s1. The average Bonchev–Trinajstić information content (AvgIpc) is 3.49. The third kappa shape index (κ3) is 7.46. The molecule has 0 spiro atoms. The van der Waals surface area contributed by atoms with Crippen molar-refractivity contribution in [1.29, 1.82) is 0 Å². The van der Waals surface area contributed by atoms with Crippen molar-refractivity contribution < 1.29 is 9.90 Å². The quantitative estimate of drug-likeness (QED) is 0.193. The molecule has 0 aromatic heterocycles. The number of hydrogen-bond donors (Lipinski definition) is 1. The molecule has 0 heterocycles. The van der Waals surface area contributed by atoms with E-state index in [1.54, 1.807) is 0 Å². The van der Waals surface area contributed by atoms with E-state index < -0.39 is 5.60 Å². The van der Waals surface area contributed by atoms with Gasteiger partial charge in [0.25, 0.3) is 0 Å². The normalized spacial score (nSPS) is 33.0. The molecule has 218 valence electrons. The molecule has 0 aromatic rings. The number of carbonyl (C=O) groups is 1. The van der Waals surface area contributed by atoms with Crippen molar-refractivity contribution in [3.63, 3.8) is 0 Å². The molecular formula is C31H51Cl2O2PS2. The molecule has 5 atom stereocenters. The number of halogens is 2. The summed E-state index contributed by atoms with van der Waals surface area (Å²) in [5.41, 5.74) is 4.89. The maximum Gasteiger partial charge on any atom is 0.159 e. The maximum absolute atomic E-state index is 12.0. The molecule has 1 unspecified atom stereocenters. The molecule has 38 heavy (non-hydrogen) atoms. The average molecular weight is 622 g/mol. The number of aliphatic hydroxyl groups is 1. The SMILES string of the molecule is C.C=C(CCl)[C@]12CCC(=O)C1=C(C)[C@H](C)CC2.C=C(CCl)[C@]12CCC=C1C(C)(O)[C@H](C)CC2.CPC.S=S. The number of allylic oxidation sites excluding steroid dienone is 5. The Morgan fingerprint density at radius 2 is 1.55 bits per heavy atom. The summed E-state index contributed by atoms with van der Waals surface area (Å²) in [6, 6.07) is 0. The van der Waals surface area contributed by atoms with E-state index >= 15 is 0 Å². The number of carbonyl (C=O) groups excluding carboxylic acids is 1. The molecule has 4 aliphatic rings. The van der Waals surface area contributed by atoms with Gasteiger partial charge in [-0.15, -0.1) is 31.8 Å². The van der Waals surface area contributed by atoms with E-state index in [1.165, 1.54) is 11.1 Å². The Morgan fingerprint density at radius 3 is 2.08 bits per heavy atom. The number of hydrogen-bond acceptors (Lipinski definition) is 4. The highest BCUT2D eigenvalue weighted by Gasteiger charge is 2.52. The summed E-state index contributed by atoms with van der Waals surface area (Å²) >= 11 is 19.2. The fourth-order valence-corrected chi connectivity index (χ4v) is 7.21. The van der Waals surface area contributed by atoms with Crippen LogP contribution in [0.5, 0.6) is 0 Å². The van der Waals surface area contributed by atoms with E-state index in [2.05, 4.69) is 75.7 Å². The van der Waals surface area contributed by atoms with E-state index in [9.17, 15) is 9.90 Å². The highest BCUT2D eigenvalue weighted by molar-refractivity contribution is 8.07. The van der Waals surface area contributed by atoms with Crippen LogP contribution in [-0.4, -0.2) is 41.6 Å². The maximum atomic E-state index is 12.0. The molecule has 4 rings (SSSR count). The van der Waals surface area contributed by atoms with Crippen LogP contribution in [0.15, 0.2) is 47.1 Å². The molecule has 0 saturated heterocycles. The van der Waals surface area contributed by atoms with Gasteiger partial charge in [-0.05, 0) is 89.5 Å². The second kappa shape index (κ2) is 16.5. The summed E-state index contributed by atoms with van der Waals surface area (Å²) in [5.74, 6) is 2.16. The minimum atomic E-state index is -0.677. The Balaban J connectivity index is 0.000000603. The zero-order valence-electron chi connectivity index (χ0n) is 23.6. The number of rotatable bonds is 4. The lowest BCUT2D eigenvalue weighted by Crippen LogP contribution is -2.46. The minimum Gasteiger partial charge on any atom is -0.385 e. The Bertz CT molecular complexity index is 914. The number of Topliss-reactive ketones (excluding diaryl/α,β-unsaturated/α-hetero) is 1. The summed E-state index contributed by atoms with van der Waals surface area (Å²) in [6.45, 7) is 20.9. The molecule has 4 aliphatic carbocycles. The van der Waals surface area contributed by atoms with Gasteiger partial charge in [-0.3, -0.25) is 4.79 Å². The summed E-state index contributed by atoms with van der Waals surface area (Å²) < 4.78 is 0. The molecule has 0 aliphatic heterocycles. The van der Waals surface area contributed by atoms with Crippen molar-refractivity contribution >= 4 is 59.9 Å². The Kier molecular flexibility index (Phi) is 16.5. The Labute approximate surface area is 255 Å². The fourth-order valence-electron chi connectivity index (χ4n) is 6.70. The highest BCUT2D eigenvalue weighted by Crippen LogP contribution is 2.58. The Morgan fingerprint density at radius 1 is 1.05 bits per heavy atom. The molecule has 1 N–H and O–H groups in total. The van der Waals surface area contributed by atoms with Gasteiger partial charge in [0.15, 0.2) is 5.78 Å². The monoisotopic (exact) mass is 620 g/mol. The van der Waals surface area contributed by atoms with Gasteiger partial charge in [0, 0.05) is 57.0 Å². The molecule has 2 saturated carbocycles. The molecule has 0 amide bonds. The smallest absolute Gasteiger partial charge is 0.159 e. The van der Waals surface area contributed by atoms with E-state index in [-0.39, 0.29) is 18.3 Å². The first-order valence-electron chi connectivity index (χ1n) is 13.3. The van der Waals surface area contributed by atoms with Crippen LogP contribution in [-0.2, 0) is 27.2 Å². The summed E-state index contributed by atoms with van der Waals surface area (Å²) in [4.78, 5) is 12.0. The van der Waals surface area contributed by atoms with Gasteiger partial charge >= 0.3 is 0 Å². The fraction of sp³-hybridized carbons (Fsp3) is 0.710. The van der Waals surface area contributed by atoms with Crippen LogP contribution in [0.2, 0.25) is 0 Å².